The van der Waals surface area contributed by atoms with Gasteiger partial charge in [0.1, 0.15) is 11.9 Å². The predicted molar refractivity (Wildman–Crippen MR) is 87.7 cm³/mol. The fraction of sp³-hybridized carbons (Fsp3) is 0.588. The number of likely N-dealkylation sites (N-methyl/N-ethyl adjacent to an activating group) is 1. The Kier molecular flexibility index (Phi) is 6.95. The molecule has 0 spiro atoms. The summed E-state index contributed by atoms with van der Waals surface area (Å²) in [6, 6.07) is 5.69. The van der Waals surface area contributed by atoms with E-state index < -0.39 is 6.04 Å². The number of halogens is 1. The number of ether oxygens (including phenoxy) is 1. The molecule has 0 aromatic heterocycles. The van der Waals surface area contributed by atoms with E-state index in [0.29, 0.717) is 6.54 Å². The zero-order valence-corrected chi connectivity index (χ0v) is 13.9. The van der Waals surface area contributed by atoms with Crippen molar-refractivity contribution >= 4 is 5.91 Å². The van der Waals surface area contributed by atoms with Gasteiger partial charge in [-0.3, -0.25) is 14.6 Å². The van der Waals surface area contributed by atoms with Crippen molar-refractivity contribution in [1.82, 2.24) is 15.1 Å². The molecule has 6 heteroatoms. The van der Waals surface area contributed by atoms with E-state index in [4.69, 9.17) is 4.74 Å². The SMILES string of the molecule is CN(C)[C@@H](C(=O)NCCCN1CCOCC1)c1ccc(F)cc1. The zero-order valence-electron chi connectivity index (χ0n) is 13.9. The summed E-state index contributed by atoms with van der Waals surface area (Å²) >= 11 is 0. The Labute approximate surface area is 137 Å². The van der Waals surface area contributed by atoms with Crippen LogP contribution in [0.5, 0.6) is 0 Å². The van der Waals surface area contributed by atoms with Gasteiger partial charge in [0.05, 0.1) is 13.2 Å². The lowest BCUT2D eigenvalue weighted by Gasteiger charge is -2.27. The van der Waals surface area contributed by atoms with Crippen molar-refractivity contribution in [3.63, 3.8) is 0 Å². The first-order valence-corrected chi connectivity index (χ1v) is 8.07. The van der Waals surface area contributed by atoms with E-state index >= 15 is 0 Å². The molecule has 1 saturated heterocycles. The fourth-order valence-corrected chi connectivity index (χ4v) is 2.76. The molecule has 0 aliphatic carbocycles. The van der Waals surface area contributed by atoms with Crippen LogP contribution in [0.3, 0.4) is 0 Å². The highest BCUT2D eigenvalue weighted by atomic mass is 19.1. The summed E-state index contributed by atoms with van der Waals surface area (Å²) in [5.41, 5.74) is 0.794. The Morgan fingerprint density at radius 1 is 1.30 bits per heavy atom. The maximum Gasteiger partial charge on any atom is 0.241 e. The van der Waals surface area contributed by atoms with Crippen molar-refractivity contribution in [2.24, 2.45) is 0 Å². The predicted octanol–water partition coefficient (Wildman–Crippen LogP) is 1.27. The average Bonchev–Trinajstić information content (AvgIpc) is 2.54. The van der Waals surface area contributed by atoms with Gasteiger partial charge in [-0.1, -0.05) is 12.1 Å². The molecule has 23 heavy (non-hydrogen) atoms. The maximum absolute atomic E-state index is 13.0. The summed E-state index contributed by atoms with van der Waals surface area (Å²) in [5.74, 6) is -0.347. The van der Waals surface area contributed by atoms with E-state index in [2.05, 4.69) is 10.2 Å². The molecule has 0 radical (unpaired) electrons. The lowest BCUT2D eigenvalue weighted by atomic mass is 10.1. The number of amides is 1. The van der Waals surface area contributed by atoms with Crippen LogP contribution in [-0.4, -0.2) is 69.2 Å². The Hall–Kier alpha value is -1.50. The van der Waals surface area contributed by atoms with Crippen molar-refractivity contribution in [3.8, 4) is 0 Å². The van der Waals surface area contributed by atoms with Gasteiger partial charge in [-0.25, -0.2) is 4.39 Å². The molecule has 128 valence electrons. The lowest BCUT2D eigenvalue weighted by molar-refractivity contribution is -0.125. The highest BCUT2D eigenvalue weighted by Gasteiger charge is 2.22. The molecule has 1 aromatic carbocycles. The molecule has 1 heterocycles. The third-order valence-corrected chi connectivity index (χ3v) is 4.00. The summed E-state index contributed by atoms with van der Waals surface area (Å²) in [5, 5.41) is 2.98. The Morgan fingerprint density at radius 3 is 2.57 bits per heavy atom. The van der Waals surface area contributed by atoms with Crippen molar-refractivity contribution < 1.29 is 13.9 Å². The number of benzene rings is 1. The van der Waals surface area contributed by atoms with Crippen LogP contribution in [-0.2, 0) is 9.53 Å². The molecule has 1 fully saturated rings. The monoisotopic (exact) mass is 323 g/mol. The normalized spacial score (nSPS) is 17.2. The minimum atomic E-state index is -0.404. The highest BCUT2D eigenvalue weighted by molar-refractivity contribution is 5.83. The van der Waals surface area contributed by atoms with Crippen molar-refractivity contribution in [1.29, 1.82) is 0 Å². The summed E-state index contributed by atoms with van der Waals surface area (Å²) in [7, 11) is 3.70. The molecule has 0 unspecified atom stereocenters. The number of nitrogens with zero attached hydrogens (tertiary/aromatic N) is 2. The Bertz CT molecular complexity index is 487. The molecule has 0 bridgehead atoms. The third-order valence-electron chi connectivity index (χ3n) is 4.00. The Morgan fingerprint density at radius 2 is 1.96 bits per heavy atom. The first-order valence-electron chi connectivity index (χ1n) is 8.07. The largest absolute Gasteiger partial charge is 0.379 e. The summed E-state index contributed by atoms with van der Waals surface area (Å²) in [6.07, 6.45) is 0.912. The number of hydrogen-bond donors (Lipinski definition) is 1. The molecule has 1 aliphatic heterocycles. The minimum Gasteiger partial charge on any atom is -0.379 e. The van der Waals surface area contributed by atoms with E-state index in [-0.39, 0.29) is 11.7 Å². The van der Waals surface area contributed by atoms with Gasteiger partial charge < -0.3 is 10.1 Å². The van der Waals surface area contributed by atoms with Crippen LogP contribution in [0.15, 0.2) is 24.3 Å². The lowest BCUT2D eigenvalue weighted by Crippen LogP contribution is -2.40. The molecule has 1 aliphatic rings. The quantitative estimate of drug-likeness (QED) is 0.768. The molecule has 1 N–H and O–H groups in total. The topological polar surface area (TPSA) is 44.8 Å². The van der Waals surface area contributed by atoms with E-state index in [1.807, 2.05) is 19.0 Å². The second-order valence-corrected chi connectivity index (χ2v) is 6.02. The fourth-order valence-electron chi connectivity index (χ4n) is 2.76. The second-order valence-electron chi connectivity index (χ2n) is 6.02. The molecule has 2 rings (SSSR count). The van der Waals surface area contributed by atoms with Crippen LogP contribution in [0.2, 0.25) is 0 Å². The van der Waals surface area contributed by atoms with Gasteiger partial charge >= 0.3 is 0 Å². The third kappa shape index (κ3) is 5.57. The van der Waals surface area contributed by atoms with Gasteiger partial charge in [0.25, 0.3) is 0 Å². The van der Waals surface area contributed by atoms with Crippen LogP contribution in [0.1, 0.15) is 18.0 Å². The number of carbonyl (C=O) groups excluding carboxylic acids is 1. The van der Waals surface area contributed by atoms with Crippen molar-refractivity contribution in [2.45, 2.75) is 12.5 Å². The molecule has 1 aromatic rings. The van der Waals surface area contributed by atoms with Gasteiger partial charge in [0.15, 0.2) is 0 Å². The van der Waals surface area contributed by atoms with Crippen LogP contribution in [0.25, 0.3) is 0 Å². The molecular formula is C17H26FN3O2. The van der Waals surface area contributed by atoms with Gasteiger partial charge in [-0.15, -0.1) is 0 Å². The maximum atomic E-state index is 13.0. The molecular weight excluding hydrogens is 297 g/mol. The number of morpholine rings is 1. The first-order chi connectivity index (χ1) is 11.1. The van der Waals surface area contributed by atoms with Crippen molar-refractivity contribution in [3.05, 3.63) is 35.6 Å². The average molecular weight is 323 g/mol. The van der Waals surface area contributed by atoms with E-state index in [9.17, 15) is 9.18 Å². The molecule has 1 amide bonds. The Balaban J connectivity index is 1.80. The second kappa shape index (κ2) is 8.96. The summed E-state index contributed by atoms with van der Waals surface area (Å²) in [4.78, 5) is 16.6. The number of hydrogen-bond acceptors (Lipinski definition) is 4. The highest BCUT2D eigenvalue weighted by Crippen LogP contribution is 2.18. The van der Waals surface area contributed by atoms with Crippen LogP contribution < -0.4 is 5.32 Å². The van der Waals surface area contributed by atoms with Crippen LogP contribution in [0.4, 0.5) is 4.39 Å². The minimum absolute atomic E-state index is 0.0522. The van der Waals surface area contributed by atoms with E-state index in [0.717, 1.165) is 44.8 Å². The van der Waals surface area contributed by atoms with Gasteiger partial charge in [0, 0.05) is 19.6 Å². The number of rotatable bonds is 7. The standard InChI is InChI=1S/C17H26FN3O2/c1-20(2)16(14-4-6-15(18)7-5-14)17(22)19-8-3-9-21-10-12-23-13-11-21/h4-7,16H,3,8-13H2,1-2H3,(H,19,22)/t16-/m1/s1. The molecule has 5 nitrogen and oxygen atoms in total. The van der Waals surface area contributed by atoms with Crippen molar-refractivity contribution in [2.75, 3.05) is 53.5 Å². The van der Waals surface area contributed by atoms with Gasteiger partial charge in [-0.05, 0) is 44.8 Å². The molecule has 1 atom stereocenters. The molecule has 0 saturated carbocycles. The van der Waals surface area contributed by atoms with Gasteiger partial charge in [0.2, 0.25) is 5.91 Å². The smallest absolute Gasteiger partial charge is 0.241 e. The number of carbonyl (C=O) groups is 1. The van der Waals surface area contributed by atoms with Gasteiger partial charge in [-0.2, -0.15) is 0 Å². The number of nitrogens with one attached hydrogen (secondary N) is 1. The summed E-state index contributed by atoms with van der Waals surface area (Å²) in [6.45, 7) is 5.11. The van der Waals surface area contributed by atoms with E-state index in [1.54, 1.807) is 12.1 Å². The van der Waals surface area contributed by atoms with Crippen LogP contribution in [0, 0.1) is 5.82 Å². The van der Waals surface area contributed by atoms with E-state index in [1.165, 1.54) is 12.1 Å². The first kappa shape index (κ1) is 17.8. The summed E-state index contributed by atoms with van der Waals surface area (Å²) < 4.78 is 18.4. The van der Waals surface area contributed by atoms with Crippen LogP contribution >= 0.6 is 0 Å². The zero-order chi connectivity index (χ0) is 16.7.